The molecule has 184 valence electrons. The minimum Gasteiger partial charge on any atom is -0.200 e. The van der Waals surface area contributed by atoms with Crippen LogP contribution >= 0.6 is 0 Å². The van der Waals surface area contributed by atoms with E-state index < -0.39 is 0 Å². The van der Waals surface area contributed by atoms with Gasteiger partial charge in [-0.2, -0.15) is 9.83 Å². The Hall–Kier alpha value is -3.44. The van der Waals surface area contributed by atoms with Crippen molar-refractivity contribution in [2.45, 2.75) is 67.2 Å². The number of rotatable bonds is 3. The van der Waals surface area contributed by atoms with Gasteiger partial charge in [-0.25, -0.2) is 0 Å². The van der Waals surface area contributed by atoms with Crippen LogP contribution in [0.4, 0.5) is 0 Å². The molecule has 0 saturated carbocycles. The number of benzene rings is 3. The van der Waals surface area contributed by atoms with Gasteiger partial charge in [0.1, 0.15) is 18.7 Å². The molecule has 0 fully saturated rings. The van der Waals surface area contributed by atoms with Gasteiger partial charge in [-0.1, -0.05) is 84.0 Å². The summed E-state index contributed by atoms with van der Waals surface area (Å²) < 4.78 is 2.11. The van der Waals surface area contributed by atoms with Crippen LogP contribution in [0.1, 0.15) is 69.4 Å². The number of hydrogen-bond donors (Lipinski definition) is 0. The quantitative estimate of drug-likeness (QED) is 0.273. The SMILES string of the molecule is Cc1cc(CC(C)(C)C)ccc1-c1cc(-c2cc(C(C)(C)C)c3ccccc3c2C)[n+](C)cc1C#N. The van der Waals surface area contributed by atoms with Gasteiger partial charge in [0.2, 0.25) is 5.69 Å². The molecule has 0 spiro atoms. The molecular formula is C34H39N2+. The molecule has 2 nitrogen and oxygen atoms in total. The monoisotopic (exact) mass is 475 g/mol. The highest BCUT2D eigenvalue weighted by Gasteiger charge is 2.25. The van der Waals surface area contributed by atoms with E-state index in [-0.39, 0.29) is 10.8 Å². The highest BCUT2D eigenvalue weighted by Crippen LogP contribution is 2.38. The Kier molecular flexibility index (Phi) is 6.56. The Labute approximate surface area is 217 Å². The van der Waals surface area contributed by atoms with Crippen molar-refractivity contribution in [3.63, 3.8) is 0 Å². The van der Waals surface area contributed by atoms with Crippen LogP contribution in [0.15, 0.2) is 60.8 Å². The summed E-state index contributed by atoms with van der Waals surface area (Å²) in [5.41, 5.74) is 10.5. The number of pyridine rings is 1. The summed E-state index contributed by atoms with van der Waals surface area (Å²) >= 11 is 0. The Morgan fingerprint density at radius 1 is 0.806 bits per heavy atom. The predicted octanol–water partition coefficient (Wildman–Crippen LogP) is 8.37. The molecule has 2 heteroatoms. The molecule has 0 radical (unpaired) electrons. The van der Waals surface area contributed by atoms with E-state index in [1.54, 1.807) is 0 Å². The fraction of sp³-hybridized carbons (Fsp3) is 0.353. The maximum absolute atomic E-state index is 10.0. The highest BCUT2D eigenvalue weighted by atomic mass is 14.9. The maximum atomic E-state index is 10.0. The number of aromatic nitrogens is 1. The minimum atomic E-state index is 0.00945. The Balaban J connectivity index is 1.96. The van der Waals surface area contributed by atoms with E-state index in [9.17, 15) is 5.26 Å². The second-order valence-corrected chi connectivity index (χ2v) is 12.5. The first kappa shape index (κ1) is 25.6. The normalized spacial score (nSPS) is 12.1. The second kappa shape index (κ2) is 9.21. The number of hydrogen-bond acceptors (Lipinski definition) is 1. The largest absolute Gasteiger partial charge is 0.213 e. The van der Waals surface area contributed by atoms with Gasteiger partial charge in [-0.3, -0.25) is 0 Å². The summed E-state index contributed by atoms with van der Waals surface area (Å²) in [6.07, 6.45) is 3.01. The molecule has 4 rings (SSSR count). The molecule has 1 aromatic heterocycles. The van der Waals surface area contributed by atoms with Gasteiger partial charge in [-0.15, -0.1) is 0 Å². The molecule has 0 aliphatic heterocycles. The van der Waals surface area contributed by atoms with Crippen molar-refractivity contribution in [1.29, 1.82) is 5.26 Å². The van der Waals surface area contributed by atoms with Crippen LogP contribution in [0.5, 0.6) is 0 Å². The Morgan fingerprint density at radius 3 is 2.06 bits per heavy atom. The van der Waals surface area contributed by atoms with Crippen LogP contribution in [0.25, 0.3) is 33.2 Å². The van der Waals surface area contributed by atoms with Gasteiger partial charge in [0, 0.05) is 17.2 Å². The van der Waals surface area contributed by atoms with Gasteiger partial charge < -0.3 is 0 Å². The molecule has 0 saturated heterocycles. The van der Waals surface area contributed by atoms with Crippen LogP contribution < -0.4 is 4.57 Å². The summed E-state index contributed by atoms with van der Waals surface area (Å²) in [6.45, 7) is 18.0. The van der Waals surface area contributed by atoms with E-state index in [4.69, 9.17) is 0 Å². The minimum absolute atomic E-state index is 0.00945. The zero-order chi connectivity index (χ0) is 26.4. The maximum Gasteiger partial charge on any atom is 0.213 e. The number of fused-ring (bicyclic) bond motifs is 1. The number of nitriles is 1. The molecule has 0 aliphatic rings. The summed E-state index contributed by atoms with van der Waals surface area (Å²) in [4.78, 5) is 0. The van der Waals surface area contributed by atoms with Crippen molar-refractivity contribution < 1.29 is 4.57 Å². The van der Waals surface area contributed by atoms with Crippen molar-refractivity contribution in [2.75, 3.05) is 0 Å². The van der Waals surface area contributed by atoms with Crippen LogP contribution in [0, 0.1) is 30.6 Å². The molecular weight excluding hydrogens is 436 g/mol. The lowest BCUT2D eigenvalue weighted by molar-refractivity contribution is -0.660. The van der Waals surface area contributed by atoms with E-state index in [1.807, 2.05) is 13.2 Å². The van der Waals surface area contributed by atoms with Crippen LogP contribution in [0.3, 0.4) is 0 Å². The van der Waals surface area contributed by atoms with E-state index >= 15 is 0 Å². The molecule has 36 heavy (non-hydrogen) atoms. The summed E-state index contributed by atoms with van der Waals surface area (Å²) in [5.74, 6) is 0. The topological polar surface area (TPSA) is 27.7 Å². The van der Waals surface area contributed by atoms with Gasteiger partial charge in [0.25, 0.3) is 0 Å². The third-order valence-corrected chi connectivity index (χ3v) is 7.11. The fourth-order valence-corrected chi connectivity index (χ4v) is 5.39. The molecule has 0 bridgehead atoms. The fourth-order valence-electron chi connectivity index (χ4n) is 5.39. The molecule has 0 amide bonds. The predicted molar refractivity (Wildman–Crippen MR) is 152 cm³/mol. The first-order valence-electron chi connectivity index (χ1n) is 12.9. The lowest BCUT2D eigenvalue weighted by Crippen LogP contribution is -2.32. The highest BCUT2D eigenvalue weighted by molar-refractivity contribution is 5.94. The van der Waals surface area contributed by atoms with Gasteiger partial charge in [0.05, 0.1) is 0 Å². The Morgan fingerprint density at radius 2 is 1.47 bits per heavy atom. The van der Waals surface area contributed by atoms with Gasteiger partial charge >= 0.3 is 0 Å². The van der Waals surface area contributed by atoms with E-state index in [1.165, 1.54) is 38.6 Å². The van der Waals surface area contributed by atoms with Crippen LogP contribution in [-0.4, -0.2) is 0 Å². The molecule has 0 N–H and O–H groups in total. The average Bonchev–Trinajstić information content (AvgIpc) is 2.78. The summed E-state index contributed by atoms with van der Waals surface area (Å²) in [7, 11) is 2.05. The second-order valence-electron chi connectivity index (χ2n) is 12.5. The van der Waals surface area contributed by atoms with Crippen molar-refractivity contribution in [3.05, 3.63) is 88.6 Å². The number of aryl methyl sites for hydroxylation is 3. The molecule has 0 unspecified atom stereocenters. The third kappa shape index (κ3) is 4.93. The lowest BCUT2D eigenvalue weighted by Gasteiger charge is -2.24. The smallest absolute Gasteiger partial charge is 0.200 e. The molecule has 3 aromatic carbocycles. The summed E-state index contributed by atoms with van der Waals surface area (Å²) in [6, 6.07) is 22.5. The van der Waals surface area contributed by atoms with E-state index in [0.717, 1.165) is 23.2 Å². The average molecular weight is 476 g/mol. The van der Waals surface area contributed by atoms with Crippen molar-refractivity contribution >= 4 is 10.8 Å². The van der Waals surface area contributed by atoms with Crippen LogP contribution in [-0.2, 0) is 18.9 Å². The molecule has 1 heterocycles. The molecule has 4 aromatic rings. The van der Waals surface area contributed by atoms with Crippen molar-refractivity contribution in [3.8, 4) is 28.5 Å². The molecule has 0 atom stereocenters. The van der Waals surface area contributed by atoms with Gasteiger partial charge in [-0.05, 0) is 75.8 Å². The van der Waals surface area contributed by atoms with Crippen molar-refractivity contribution in [1.82, 2.24) is 0 Å². The first-order chi connectivity index (χ1) is 16.8. The van der Waals surface area contributed by atoms with Crippen LogP contribution in [0.2, 0.25) is 0 Å². The molecule has 0 aliphatic carbocycles. The third-order valence-electron chi connectivity index (χ3n) is 7.11. The number of nitrogens with zero attached hydrogens (tertiary/aromatic N) is 2. The van der Waals surface area contributed by atoms with E-state index in [0.29, 0.717) is 5.56 Å². The zero-order valence-corrected chi connectivity index (χ0v) is 23.4. The Bertz CT molecular complexity index is 1500. The van der Waals surface area contributed by atoms with Crippen molar-refractivity contribution in [2.24, 2.45) is 12.5 Å². The van der Waals surface area contributed by atoms with Gasteiger partial charge in [0.15, 0.2) is 6.20 Å². The van der Waals surface area contributed by atoms with E-state index in [2.05, 4.69) is 121 Å². The summed E-state index contributed by atoms with van der Waals surface area (Å²) in [5, 5.41) is 12.6. The first-order valence-corrected chi connectivity index (χ1v) is 12.9. The standard InChI is InChI=1S/C34H39N2/c1-22-16-24(19-33(3,4)5)14-15-26(22)30-18-32(36(9)21-25(30)20-35)29-17-31(34(6,7)8)28-13-11-10-12-27(28)23(29)2/h10-18,21H,19H2,1-9H3/q+1. The lowest BCUT2D eigenvalue weighted by atomic mass is 9.80. The zero-order valence-electron chi connectivity index (χ0n) is 23.4.